The molecule has 0 aliphatic heterocycles. The first-order valence-electron chi connectivity index (χ1n) is 9.15. The van der Waals surface area contributed by atoms with Crippen LogP contribution in [0.25, 0.3) is 0 Å². The van der Waals surface area contributed by atoms with Gasteiger partial charge in [0.1, 0.15) is 0 Å². The van der Waals surface area contributed by atoms with E-state index in [-0.39, 0.29) is 31.0 Å². The first kappa shape index (κ1) is 22.4. The maximum atomic E-state index is 12.9. The summed E-state index contributed by atoms with van der Waals surface area (Å²) in [6.45, 7) is 6.15. The van der Waals surface area contributed by atoms with E-state index in [4.69, 9.17) is 0 Å². The Kier molecular flexibility index (Phi) is 13.4. The lowest BCUT2D eigenvalue weighted by Crippen LogP contribution is -2.42. The average Bonchev–Trinajstić information content (AvgIpc) is 2.54. The van der Waals surface area contributed by atoms with Crippen molar-refractivity contribution in [2.75, 3.05) is 46.9 Å². The van der Waals surface area contributed by atoms with Crippen molar-refractivity contribution in [2.45, 2.75) is 52.4 Å². The number of hydrogen-bond donors (Lipinski definition) is 2. The van der Waals surface area contributed by atoms with E-state index in [1.165, 1.54) is 6.42 Å². The number of nitrogens with zero attached hydrogens (tertiary/aromatic N) is 2. The standard InChI is InChI=1S/C18H38N2O3/c1-5-7-8-10-17(6-2)18(23)20(12-9-11-19(3)4)13-16(14-21)15-22/h16-17,21-22H,5-15H2,1-4H3. The van der Waals surface area contributed by atoms with Gasteiger partial charge >= 0.3 is 0 Å². The van der Waals surface area contributed by atoms with Crippen LogP contribution in [0.1, 0.15) is 52.4 Å². The minimum Gasteiger partial charge on any atom is -0.396 e. The van der Waals surface area contributed by atoms with Crippen LogP contribution in [0.4, 0.5) is 0 Å². The summed E-state index contributed by atoms with van der Waals surface area (Å²) in [7, 11) is 4.05. The van der Waals surface area contributed by atoms with Gasteiger partial charge in [-0.15, -0.1) is 0 Å². The maximum absolute atomic E-state index is 12.9. The summed E-state index contributed by atoms with van der Waals surface area (Å²) >= 11 is 0. The molecule has 5 nitrogen and oxygen atoms in total. The Labute approximate surface area is 142 Å². The Morgan fingerprint density at radius 3 is 2.13 bits per heavy atom. The smallest absolute Gasteiger partial charge is 0.225 e. The Bertz CT molecular complexity index is 294. The fourth-order valence-corrected chi connectivity index (χ4v) is 2.76. The van der Waals surface area contributed by atoms with Crippen LogP contribution in [0.15, 0.2) is 0 Å². The Hall–Kier alpha value is -0.650. The lowest BCUT2D eigenvalue weighted by molar-refractivity contribution is -0.137. The van der Waals surface area contributed by atoms with Crippen LogP contribution < -0.4 is 0 Å². The first-order valence-corrected chi connectivity index (χ1v) is 9.15. The Balaban J connectivity index is 4.72. The van der Waals surface area contributed by atoms with Gasteiger partial charge in [0.25, 0.3) is 0 Å². The molecular formula is C18H38N2O3. The number of aliphatic hydroxyl groups excluding tert-OH is 2. The van der Waals surface area contributed by atoms with E-state index in [1.54, 1.807) is 0 Å². The number of hydrogen-bond acceptors (Lipinski definition) is 4. The molecule has 0 saturated carbocycles. The molecule has 0 bridgehead atoms. The van der Waals surface area contributed by atoms with Gasteiger partial charge in [-0.1, -0.05) is 33.1 Å². The second-order valence-electron chi connectivity index (χ2n) is 6.77. The SMILES string of the molecule is CCCCCC(CC)C(=O)N(CCCN(C)C)CC(CO)CO. The first-order chi connectivity index (χ1) is 11.0. The summed E-state index contributed by atoms with van der Waals surface area (Å²) in [6, 6.07) is 0. The number of carbonyl (C=O) groups is 1. The molecule has 1 amide bonds. The number of rotatable bonds is 14. The molecule has 0 saturated heterocycles. The molecule has 0 aromatic carbocycles. The third-order valence-electron chi connectivity index (χ3n) is 4.34. The molecular weight excluding hydrogens is 292 g/mol. The van der Waals surface area contributed by atoms with E-state index in [1.807, 2.05) is 19.0 Å². The van der Waals surface area contributed by atoms with Crippen LogP contribution in [0.3, 0.4) is 0 Å². The van der Waals surface area contributed by atoms with Crippen molar-refractivity contribution in [2.24, 2.45) is 11.8 Å². The fraction of sp³-hybridized carbons (Fsp3) is 0.944. The highest BCUT2D eigenvalue weighted by Gasteiger charge is 2.24. The molecule has 0 aliphatic carbocycles. The van der Waals surface area contributed by atoms with Gasteiger partial charge in [0.2, 0.25) is 5.91 Å². The zero-order valence-electron chi connectivity index (χ0n) is 15.6. The fourth-order valence-electron chi connectivity index (χ4n) is 2.76. The van der Waals surface area contributed by atoms with Crippen molar-refractivity contribution in [1.29, 1.82) is 0 Å². The summed E-state index contributed by atoms with van der Waals surface area (Å²) in [4.78, 5) is 16.8. The van der Waals surface area contributed by atoms with Gasteiger partial charge in [-0.2, -0.15) is 0 Å². The lowest BCUT2D eigenvalue weighted by atomic mass is 9.96. The molecule has 0 spiro atoms. The molecule has 1 unspecified atom stereocenters. The van der Waals surface area contributed by atoms with E-state index >= 15 is 0 Å². The molecule has 5 heteroatoms. The van der Waals surface area contributed by atoms with E-state index < -0.39 is 0 Å². The van der Waals surface area contributed by atoms with Gasteiger partial charge in [0.05, 0.1) is 0 Å². The van der Waals surface area contributed by atoms with E-state index in [0.717, 1.165) is 38.6 Å². The number of unbranched alkanes of at least 4 members (excludes halogenated alkanes) is 2. The zero-order chi connectivity index (χ0) is 17.7. The minimum atomic E-state index is -0.244. The molecule has 0 radical (unpaired) electrons. The van der Waals surface area contributed by atoms with Crippen molar-refractivity contribution in [3.8, 4) is 0 Å². The van der Waals surface area contributed by atoms with Crippen molar-refractivity contribution in [3.05, 3.63) is 0 Å². The Morgan fingerprint density at radius 1 is 1.00 bits per heavy atom. The highest BCUT2D eigenvalue weighted by atomic mass is 16.3. The van der Waals surface area contributed by atoms with Crippen LogP contribution >= 0.6 is 0 Å². The minimum absolute atomic E-state index is 0.0685. The average molecular weight is 331 g/mol. The summed E-state index contributed by atoms with van der Waals surface area (Å²) in [5, 5.41) is 18.7. The quantitative estimate of drug-likeness (QED) is 0.478. The van der Waals surface area contributed by atoms with Crippen LogP contribution in [-0.2, 0) is 4.79 Å². The van der Waals surface area contributed by atoms with Gasteiger partial charge in [0, 0.05) is 38.1 Å². The van der Waals surface area contributed by atoms with Crippen molar-refractivity contribution >= 4 is 5.91 Å². The third kappa shape index (κ3) is 9.95. The highest BCUT2D eigenvalue weighted by molar-refractivity contribution is 5.78. The normalized spacial score (nSPS) is 12.9. The molecule has 0 fully saturated rings. The van der Waals surface area contributed by atoms with Gasteiger partial charge < -0.3 is 20.0 Å². The molecule has 0 aromatic rings. The predicted octanol–water partition coefficient (Wildman–Crippen LogP) is 1.97. The van der Waals surface area contributed by atoms with Crippen LogP contribution in [0, 0.1) is 11.8 Å². The van der Waals surface area contributed by atoms with Crippen molar-refractivity contribution in [1.82, 2.24) is 9.80 Å². The predicted molar refractivity (Wildman–Crippen MR) is 95.3 cm³/mol. The van der Waals surface area contributed by atoms with Crippen LogP contribution in [0.2, 0.25) is 0 Å². The summed E-state index contributed by atoms with van der Waals surface area (Å²) in [6.07, 6.45) is 6.13. The van der Waals surface area contributed by atoms with Gasteiger partial charge in [-0.05, 0) is 39.9 Å². The maximum Gasteiger partial charge on any atom is 0.225 e. The molecule has 138 valence electrons. The molecule has 1 atom stereocenters. The summed E-state index contributed by atoms with van der Waals surface area (Å²) < 4.78 is 0. The molecule has 0 aliphatic rings. The van der Waals surface area contributed by atoms with E-state index in [0.29, 0.717) is 13.1 Å². The number of amides is 1. The third-order valence-corrected chi connectivity index (χ3v) is 4.34. The number of aliphatic hydroxyl groups is 2. The summed E-state index contributed by atoms with van der Waals surface area (Å²) in [5.74, 6) is 0.0136. The molecule has 2 N–H and O–H groups in total. The molecule has 0 rings (SSSR count). The largest absolute Gasteiger partial charge is 0.396 e. The molecule has 23 heavy (non-hydrogen) atoms. The molecule has 0 aromatic heterocycles. The highest BCUT2D eigenvalue weighted by Crippen LogP contribution is 2.18. The summed E-state index contributed by atoms with van der Waals surface area (Å²) in [5.41, 5.74) is 0. The van der Waals surface area contributed by atoms with Gasteiger partial charge in [-0.25, -0.2) is 0 Å². The lowest BCUT2D eigenvalue weighted by Gasteiger charge is -2.30. The van der Waals surface area contributed by atoms with Gasteiger partial charge in [0.15, 0.2) is 0 Å². The number of carbonyl (C=O) groups excluding carboxylic acids is 1. The second-order valence-corrected chi connectivity index (χ2v) is 6.77. The van der Waals surface area contributed by atoms with Crippen LogP contribution in [0.5, 0.6) is 0 Å². The van der Waals surface area contributed by atoms with Crippen molar-refractivity contribution < 1.29 is 15.0 Å². The van der Waals surface area contributed by atoms with E-state index in [9.17, 15) is 15.0 Å². The second kappa shape index (κ2) is 13.8. The van der Waals surface area contributed by atoms with Crippen molar-refractivity contribution in [3.63, 3.8) is 0 Å². The molecule has 0 heterocycles. The van der Waals surface area contributed by atoms with Gasteiger partial charge in [-0.3, -0.25) is 4.79 Å². The topological polar surface area (TPSA) is 64.0 Å². The zero-order valence-corrected chi connectivity index (χ0v) is 15.6. The van der Waals surface area contributed by atoms with E-state index in [2.05, 4.69) is 18.7 Å². The Morgan fingerprint density at radius 2 is 1.65 bits per heavy atom. The van der Waals surface area contributed by atoms with Crippen LogP contribution in [-0.4, -0.2) is 72.9 Å². The monoisotopic (exact) mass is 330 g/mol.